The lowest BCUT2D eigenvalue weighted by molar-refractivity contribution is 0.497. The van der Waals surface area contributed by atoms with Crippen LogP contribution in [-0.2, 0) is 6.54 Å². The molecule has 0 aliphatic carbocycles. The lowest BCUT2D eigenvalue weighted by atomic mass is 10.1. The van der Waals surface area contributed by atoms with Gasteiger partial charge in [0.05, 0.1) is 11.4 Å². The van der Waals surface area contributed by atoms with Crippen molar-refractivity contribution >= 4 is 11.4 Å². The first kappa shape index (κ1) is 13.3. The number of benzene rings is 2. The van der Waals surface area contributed by atoms with Gasteiger partial charge in [0, 0.05) is 18.7 Å². The predicted molar refractivity (Wildman–Crippen MR) is 73.9 cm³/mol. The molecule has 4 heteroatoms. The second kappa shape index (κ2) is 5.69. The van der Waals surface area contributed by atoms with Crippen LogP contribution >= 0.6 is 0 Å². The lowest BCUT2D eigenvalue weighted by Crippen LogP contribution is -2.23. The quantitative estimate of drug-likeness (QED) is 0.853. The van der Waals surface area contributed by atoms with E-state index < -0.39 is 11.6 Å². The summed E-state index contributed by atoms with van der Waals surface area (Å²) in [7, 11) is 0. The molecule has 0 saturated heterocycles. The van der Waals surface area contributed by atoms with Crippen molar-refractivity contribution in [3.05, 3.63) is 59.7 Å². The first-order chi connectivity index (χ1) is 9.13. The van der Waals surface area contributed by atoms with Crippen LogP contribution in [0.15, 0.2) is 42.5 Å². The zero-order chi connectivity index (χ0) is 13.8. The fourth-order valence-electron chi connectivity index (χ4n) is 2.02. The Bertz CT molecular complexity index is 570. The molecule has 0 spiro atoms. The van der Waals surface area contributed by atoms with Crippen LogP contribution in [0.25, 0.3) is 0 Å². The summed E-state index contributed by atoms with van der Waals surface area (Å²) in [5, 5.41) is 0. The van der Waals surface area contributed by atoms with Crippen LogP contribution < -0.4 is 10.6 Å². The average Bonchev–Trinajstić information content (AvgIpc) is 2.41. The predicted octanol–water partition coefficient (Wildman–Crippen LogP) is 3.57. The van der Waals surface area contributed by atoms with E-state index in [2.05, 4.69) is 0 Å². The summed E-state index contributed by atoms with van der Waals surface area (Å²) in [6.07, 6.45) is 0. The van der Waals surface area contributed by atoms with Crippen molar-refractivity contribution in [3.8, 4) is 0 Å². The fraction of sp³-hybridized carbons (Fsp3) is 0.200. The first-order valence-electron chi connectivity index (χ1n) is 6.15. The standard InChI is InChI=1S/C15H16F2N2/c1-2-19(14-9-4-3-8-13(14)18)10-11-6-5-7-12(16)15(11)17/h3-9H,2,10,18H2,1H3. The van der Waals surface area contributed by atoms with E-state index in [0.717, 1.165) is 11.8 Å². The molecule has 0 radical (unpaired) electrons. The van der Waals surface area contributed by atoms with E-state index in [1.807, 2.05) is 30.0 Å². The van der Waals surface area contributed by atoms with Crippen LogP contribution in [0.3, 0.4) is 0 Å². The molecular formula is C15H16F2N2. The molecule has 0 aliphatic heterocycles. The van der Waals surface area contributed by atoms with Crippen LogP contribution in [0.1, 0.15) is 12.5 Å². The van der Waals surface area contributed by atoms with E-state index in [1.54, 1.807) is 12.1 Å². The van der Waals surface area contributed by atoms with Gasteiger partial charge in [-0.25, -0.2) is 8.78 Å². The average molecular weight is 262 g/mol. The Labute approximate surface area is 111 Å². The minimum Gasteiger partial charge on any atom is -0.397 e. The Morgan fingerprint density at radius 3 is 2.47 bits per heavy atom. The van der Waals surface area contributed by atoms with Crippen LogP contribution in [0.5, 0.6) is 0 Å². The molecule has 19 heavy (non-hydrogen) atoms. The van der Waals surface area contributed by atoms with Gasteiger partial charge >= 0.3 is 0 Å². The zero-order valence-corrected chi connectivity index (χ0v) is 10.7. The van der Waals surface area contributed by atoms with Crippen molar-refractivity contribution in [2.24, 2.45) is 0 Å². The maximum Gasteiger partial charge on any atom is 0.163 e. The molecule has 0 aliphatic rings. The van der Waals surface area contributed by atoms with Crippen molar-refractivity contribution < 1.29 is 8.78 Å². The number of rotatable bonds is 4. The number of hydrogen-bond donors (Lipinski definition) is 1. The Hall–Kier alpha value is -2.10. The van der Waals surface area contributed by atoms with Crippen molar-refractivity contribution in [2.75, 3.05) is 17.2 Å². The summed E-state index contributed by atoms with van der Waals surface area (Å²) in [5.74, 6) is -1.62. The SMILES string of the molecule is CCN(Cc1cccc(F)c1F)c1ccccc1N. The van der Waals surface area contributed by atoms with Crippen LogP contribution in [-0.4, -0.2) is 6.54 Å². The third-order valence-corrected chi connectivity index (χ3v) is 3.05. The van der Waals surface area contributed by atoms with Crippen LogP contribution in [0.2, 0.25) is 0 Å². The first-order valence-corrected chi connectivity index (χ1v) is 6.15. The van der Waals surface area contributed by atoms with Gasteiger partial charge in [0.15, 0.2) is 11.6 Å². The van der Waals surface area contributed by atoms with Gasteiger partial charge in [-0.3, -0.25) is 0 Å². The van der Waals surface area contributed by atoms with Crippen LogP contribution in [0.4, 0.5) is 20.2 Å². The molecule has 2 nitrogen and oxygen atoms in total. The maximum atomic E-state index is 13.7. The van der Waals surface area contributed by atoms with Crippen molar-refractivity contribution in [1.29, 1.82) is 0 Å². The maximum absolute atomic E-state index is 13.7. The zero-order valence-electron chi connectivity index (χ0n) is 10.7. The Balaban J connectivity index is 2.30. The molecule has 2 rings (SSSR count). The summed E-state index contributed by atoms with van der Waals surface area (Å²) in [6.45, 7) is 2.89. The molecule has 0 saturated carbocycles. The van der Waals surface area contributed by atoms with Gasteiger partial charge in [-0.2, -0.15) is 0 Å². The van der Waals surface area contributed by atoms with E-state index in [-0.39, 0.29) is 6.54 Å². The molecular weight excluding hydrogens is 246 g/mol. The van der Waals surface area contributed by atoms with E-state index >= 15 is 0 Å². The molecule has 0 bridgehead atoms. The highest BCUT2D eigenvalue weighted by atomic mass is 19.2. The number of hydrogen-bond acceptors (Lipinski definition) is 2. The van der Waals surface area contributed by atoms with Gasteiger partial charge in [0.1, 0.15) is 0 Å². The summed E-state index contributed by atoms with van der Waals surface area (Å²) >= 11 is 0. The summed E-state index contributed by atoms with van der Waals surface area (Å²) in [6, 6.07) is 11.6. The Morgan fingerprint density at radius 2 is 1.79 bits per heavy atom. The van der Waals surface area contributed by atoms with Crippen LogP contribution in [0, 0.1) is 11.6 Å². The smallest absolute Gasteiger partial charge is 0.163 e. The van der Waals surface area contributed by atoms with Gasteiger partial charge in [-0.15, -0.1) is 0 Å². The van der Waals surface area contributed by atoms with E-state index in [0.29, 0.717) is 17.8 Å². The minimum absolute atomic E-state index is 0.286. The number of nitrogens with zero attached hydrogens (tertiary/aromatic N) is 1. The molecule has 0 unspecified atom stereocenters. The second-order valence-corrected chi connectivity index (χ2v) is 4.29. The molecule has 2 aromatic rings. The molecule has 0 heterocycles. The van der Waals surface area contributed by atoms with E-state index in [4.69, 9.17) is 5.73 Å². The number of nitrogens with two attached hydrogens (primary N) is 1. The molecule has 2 aromatic carbocycles. The number of halogens is 2. The highest BCUT2D eigenvalue weighted by molar-refractivity contribution is 5.67. The highest BCUT2D eigenvalue weighted by Crippen LogP contribution is 2.25. The van der Waals surface area contributed by atoms with Gasteiger partial charge in [0.2, 0.25) is 0 Å². The van der Waals surface area contributed by atoms with Gasteiger partial charge < -0.3 is 10.6 Å². The molecule has 0 aromatic heterocycles. The molecule has 0 atom stereocenters. The van der Waals surface area contributed by atoms with E-state index in [9.17, 15) is 8.78 Å². The van der Waals surface area contributed by atoms with Crippen molar-refractivity contribution in [3.63, 3.8) is 0 Å². The van der Waals surface area contributed by atoms with Crippen molar-refractivity contribution in [2.45, 2.75) is 13.5 Å². The summed E-state index contributed by atoms with van der Waals surface area (Å²) in [4.78, 5) is 1.91. The largest absolute Gasteiger partial charge is 0.397 e. The van der Waals surface area contributed by atoms with Gasteiger partial charge in [-0.05, 0) is 25.1 Å². The van der Waals surface area contributed by atoms with Crippen molar-refractivity contribution in [1.82, 2.24) is 0 Å². The van der Waals surface area contributed by atoms with Gasteiger partial charge in [0.25, 0.3) is 0 Å². The number of nitrogen functional groups attached to an aromatic ring is 1. The highest BCUT2D eigenvalue weighted by Gasteiger charge is 2.13. The lowest BCUT2D eigenvalue weighted by Gasteiger charge is -2.24. The monoisotopic (exact) mass is 262 g/mol. The van der Waals surface area contributed by atoms with E-state index in [1.165, 1.54) is 6.07 Å². The molecule has 0 fully saturated rings. The third kappa shape index (κ3) is 2.84. The Kier molecular flexibility index (Phi) is 4.00. The molecule has 100 valence electrons. The minimum atomic E-state index is -0.824. The molecule has 2 N–H and O–H groups in total. The fourth-order valence-corrected chi connectivity index (χ4v) is 2.02. The normalized spacial score (nSPS) is 10.5. The second-order valence-electron chi connectivity index (χ2n) is 4.29. The Morgan fingerprint density at radius 1 is 1.05 bits per heavy atom. The molecule has 0 amide bonds. The summed E-state index contributed by atoms with van der Waals surface area (Å²) in [5.41, 5.74) is 7.69. The summed E-state index contributed by atoms with van der Waals surface area (Å²) < 4.78 is 26.9. The van der Waals surface area contributed by atoms with Gasteiger partial charge in [-0.1, -0.05) is 24.3 Å². The third-order valence-electron chi connectivity index (χ3n) is 3.05. The topological polar surface area (TPSA) is 29.3 Å². The number of para-hydroxylation sites is 2. The number of anilines is 2.